The number of phenols is 1. The van der Waals surface area contributed by atoms with Crippen molar-refractivity contribution in [3.8, 4) is 11.5 Å². The highest BCUT2D eigenvalue weighted by Crippen LogP contribution is 2.41. The highest BCUT2D eigenvalue weighted by Gasteiger charge is 2.25. The predicted molar refractivity (Wildman–Crippen MR) is 78.1 cm³/mol. The fraction of sp³-hybridized carbons (Fsp3) is 0.625. The normalized spacial score (nSPS) is 12.6. The monoisotopic (exact) mass is 266 g/mol. The summed E-state index contributed by atoms with van der Waals surface area (Å²) in [6.07, 6.45) is 0. The first-order valence-electron chi connectivity index (χ1n) is 6.69. The van der Waals surface area contributed by atoms with Crippen LogP contribution in [0.4, 0.5) is 0 Å². The third kappa shape index (κ3) is 3.87. The van der Waals surface area contributed by atoms with Crippen LogP contribution in [0.5, 0.6) is 11.5 Å². The van der Waals surface area contributed by atoms with Gasteiger partial charge in [-0.3, -0.25) is 0 Å². The van der Waals surface area contributed by atoms with Gasteiger partial charge >= 0.3 is 0 Å². The van der Waals surface area contributed by atoms with E-state index in [1.54, 1.807) is 0 Å². The molecule has 0 fully saturated rings. The summed E-state index contributed by atoms with van der Waals surface area (Å²) >= 11 is 0. The number of hydrogen-bond acceptors (Lipinski definition) is 3. The van der Waals surface area contributed by atoms with Crippen molar-refractivity contribution in [2.24, 2.45) is 0 Å². The standard InChI is InChI=1S/C16H26O3/c1-15(2,3)11-9-12(16(4,5)6)14(18)13(10-11)19-8-7-17/h9-10,17-18H,7-8H2,1-6H3. The molecule has 108 valence electrons. The van der Waals surface area contributed by atoms with Gasteiger partial charge < -0.3 is 14.9 Å². The molecule has 0 saturated heterocycles. The third-order valence-corrected chi connectivity index (χ3v) is 3.10. The lowest BCUT2D eigenvalue weighted by Crippen LogP contribution is -2.17. The van der Waals surface area contributed by atoms with Crippen LogP contribution in [0.15, 0.2) is 12.1 Å². The Morgan fingerprint density at radius 3 is 2.00 bits per heavy atom. The summed E-state index contributed by atoms with van der Waals surface area (Å²) in [5.74, 6) is 0.625. The summed E-state index contributed by atoms with van der Waals surface area (Å²) in [4.78, 5) is 0. The molecule has 0 amide bonds. The Morgan fingerprint density at radius 1 is 1.00 bits per heavy atom. The Morgan fingerprint density at radius 2 is 1.58 bits per heavy atom. The molecule has 0 heterocycles. The molecule has 0 aliphatic rings. The summed E-state index contributed by atoms with van der Waals surface area (Å²) in [6.45, 7) is 12.7. The second-order valence-electron chi connectivity index (χ2n) is 6.94. The molecule has 1 aromatic carbocycles. The second kappa shape index (κ2) is 5.41. The quantitative estimate of drug-likeness (QED) is 0.882. The van der Waals surface area contributed by atoms with Crippen molar-refractivity contribution in [1.29, 1.82) is 0 Å². The Bertz CT molecular complexity index is 437. The summed E-state index contributed by atoms with van der Waals surface area (Å²) in [7, 11) is 0. The highest BCUT2D eigenvalue weighted by molar-refractivity contribution is 5.52. The van der Waals surface area contributed by atoms with Gasteiger partial charge in [-0.25, -0.2) is 0 Å². The molecular formula is C16H26O3. The summed E-state index contributed by atoms with van der Waals surface area (Å²) in [5, 5.41) is 19.2. The Labute approximate surface area is 116 Å². The lowest BCUT2D eigenvalue weighted by atomic mass is 9.80. The van der Waals surface area contributed by atoms with Crippen LogP contribution in [0.3, 0.4) is 0 Å². The number of aromatic hydroxyl groups is 1. The van der Waals surface area contributed by atoms with Gasteiger partial charge in [-0.2, -0.15) is 0 Å². The van der Waals surface area contributed by atoms with E-state index in [0.29, 0.717) is 5.75 Å². The molecule has 0 unspecified atom stereocenters. The number of ether oxygens (including phenoxy) is 1. The van der Waals surface area contributed by atoms with E-state index < -0.39 is 0 Å². The summed E-state index contributed by atoms with van der Waals surface area (Å²) in [6, 6.07) is 3.90. The first-order valence-corrected chi connectivity index (χ1v) is 6.69. The number of hydrogen-bond donors (Lipinski definition) is 2. The van der Waals surface area contributed by atoms with Gasteiger partial charge in [0, 0.05) is 5.56 Å². The van der Waals surface area contributed by atoms with Gasteiger partial charge in [-0.05, 0) is 22.5 Å². The van der Waals surface area contributed by atoms with E-state index in [0.717, 1.165) is 11.1 Å². The Balaban J connectivity index is 3.39. The number of aliphatic hydroxyl groups excluding tert-OH is 1. The van der Waals surface area contributed by atoms with Gasteiger partial charge in [0.05, 0.1) is 6.61 Å². The summed E-state index contributed by atoms with van der Waals surface area (Å²) < 4.78 is 5.46. The van der Waals surface area contributed by atoms with Crippen molar-refractivity contribution in [2.45, 2.75) is 52.4 Å². The van der Waals surface area contributed by atoms with Crippen LogP contribution >= 0.6 is 0 Å². The van der Waals surface area contributed by atoms with E-state index in [9.17, 15) is 5.11 Å². The van der Waals surface area contributed by atoms with Crippen LogP contribution in [0.1, 0.15) is 52.7 Å². The number of aliphatic hydroxyl groups is 1. The molecule has 19 heavy (non-hydrogen) atoms. The van der Waals surface area contributed by atoms with Crippen molar-refractivity contribution in [2.75, 3.05) is 13.2 Å². The molecule has 3 nitrogen and oxygen atoms in total. The molecule has 0 aliphatic carbocycles. The van der Waals surface area contributed by atoms with Crippen LogP contribution in [-0.4, -0.2) is 23.4 Å². The van der Waals surface area contributed by atoms with Crippen LogP contribution in [-0.2, 0) is 10.8 Å². The molecule has 0 aliphatic heterocycles. The average Bonchev–Trinajstić information content (AvgIpc) is 2.24. The van der Waals surface area contributed by atoms with E-state index in [1.807, 2.05) is 12.1 Å². The molecule has 1 aromatic rings. The zero-order chi connectivity index (χ0) is 14.8. The van der Waals surface area contributed by atoms with Gasteiger partial charge in [-0.15, -0.1) is 0 Å². The zero-order valence-electron chi connectivity index (χ0n) is 12.9. The van der Waals surface area contributed by atoms with Gasteiger partial charge in [0.25, 0.3) is 0 Å². The average molecular weight is 266 g/mol. The summed E-state index contributed by atoms with van der Waals surface area (Å²) in [5.41, 5.74) is 1.80. The van der Waals surface area contributed by atoms with Crippen LogP contribution in [0, 0.1) is 0 Å². The third-order valence-electron chi connectivity index (χ3n) is 3.10. The maximum atomic E-state index is 10.3. The molecule has 0 spiro atoms. The van der Waals surface area contributed by atoms with Crippen molar-refractivity contribution in [3.63, 3.8) is 0 Å². The number of phenolic OH excluding ortho intramolecular Hbond substituents is 1. The number of benzene rings is 1. The fourth-order valence-electron chi connectivity index (χ4n) is 1.88. The van der Waals surface area contributed by atoms with Gasteiger partial charge in [0.2, 0.25) is 0 Å². The molecule has 0 radical (unpaired) electrons. The highest BCUT2D eigenvalue weighted by atomic mass is 16.5. The van der Waals surface area contributed by atoms with Crippen molar-refractivity contribution in [3.05, 3.63) is 23.3 Å². The molecule has 0 aromatic heterocycles. The second-order valence-corrected chi connectivity index (χ2v) is 6.94. The van der Waals surface area contributed by atoms with E-state index >= 15 is 0 Å². The lowest BCUT2D eigenvalue weighted by Gasteiger charge is -2.27. The van der Waals surface area contributed by atoms with E-state index in [4.69, 9.17) is 9.84 Å². The van der Waals surface area contributed by atoms with E-state index in [1.165, 1.54) is 0 Å². The minimum absolute atomic E-state index is 0.0228. The minimum atomic E-state index is -0.164. The lowest BCUT2D eigenvalue weighted by molar-refractivity contribution is 0.196. The van der Waals surface area contributed by atoms with Gasteiger partial charge in [-0.1, -0.05) is 47.6 Å². The van der Waals surface area contributed by atoms with Crippen molar-refractivity contribution >= 4 is 0 Å². The Kier molecular flexibility index (Phi) is 4.51. The SMILES string of the molecule is CC(C)(C)c1cc(OCCO)c(O)c(C(C)(C)C)c1. The fourth-order valence-corrected chi connectivity index (χ4v) is 1.88. The van der Waals surface area contributed by atoms with E-state index in [2.05, 4.69) is 41.5 Å². The molecule has 0 bridgehead atoms. The maximum absolute atomic E-state index is 10.3. The van der Waals surface area contributed by atoms with E-state index in [-0.39, 0.29) is 29.8 Å². The molecule has 3 heteroatoms. The smallest absolute Gasteiger partial charge is 0.161 e. The van der Waals surface area contributed by atoms with Crippen LogP contribution in [0.2, 0.25) is 0 Å². The molecular weight excluding hydrogens is 240 g/mol. The largest absolute Gasteiger partial charge is 0.504 e. The molecule has 0 atom stereocenters. The minimum Gasteiger partial charge on any atom is -0.504 e. The van der Waals surface area contributed by atoms with Gasteiger partial charge in [0.1, 0.15) is 6.61 Å². The topological polar surface area (TPSA) is 49.7 Å². The molecule has 1 rings (SSSR count). The molecule has 0 saturated carbocycles. The van der Waals surface area contributed by atoms with Crippen molar-refractivity contribution < 1.29 is 14.9 Å². The van der Waals surface area contributed by atoms with Crippen LogP contribution < -0.4 is 4.74 Å². The molecule has 2 N–H and O–H groups in total. The van der Waals surface area contributed by atoms with Gasteiger partial charge in [0.15, 0.2) is 11.5 Å². The first kappa shape index (κ1) is 15.8. The predicted octanol–water partition coefficient (Wildman–Crippen LogP) is 3.36. The van der Waals surface area contributed by atoms with Crippen molar-refractivity contribution in [1.82, 2.24) is 0 Å². The van der Waals surface area contributed by atoms with Crippen LogP contribution in [0.25, 0.3) is 0 Å². The number of rotatable bonds is 3. The zero-order valence-corrected chi connectivity index (χ0v) is 12.9. The maximum Gasteiger partial charge on any atom is 0.161 e. The first-order chi connectivity index (χ1) is 8.57. The Hall–Kier alpha value is -1.22.